The fraction of sp³-hybridized carbons (Fsp3) is 0.385. The Kier molecular flexibility index (Phi) is 3.75. The minimum absolute atomic E-state index is 0.558. The monoisotopic (exact) mass is 174 g/mol. The van der Waals surface area contributed by atoms with Crippen molar-refractivity contribution in [2.45, 2.75) is 27.2 Å². The van der Waals surface area contributed by atoms with Crippen LogP contribution in [-0.4, -0.2) is 0 Å². The molecule has 0 aromatic heterocycles. The summed E-state index contributed by atoms with van der Waals surface area (Å²) in [7, 11) is 0. The van der Waals surface area contributed by atoms with Crippen LogP contribution in [0.25, 0.3) is 0 Å². The highest BCUT2D eigenvalue weighted by molar-refractivity contribution is 5.42. The molecule has 0 nitrogen and oxygen atoms in total. The molecule has 1 unspecified atom stereocenters. The average molecular weight is 174 g/mol. The summed E-state index contributed by atoms with van der Waals surface area (Å²) in [5.74, 6) is 0.558. The van der Waals surface area contributed by atoms with Crippen molar-refractivity contribution in [3.8, 4) is 0 Å². The van der Waals surface area contributed by atoms with Gasteiger partial charge in [-0.15, -0.1) is 0 Å². The van der Waals surface area contributed by atoms with Gasteiger partial charge >= 0.3 is 0 Å². The average Bonchev–Trinajstić information content (AvgIpc) is 2.28. The van der Waals surface area contributed by atoms with Crippen molar-refractivity contribution in [3.63, 3.8) is 0 Å². The highest BCUT2D eigenvalue weighted by Gasteiger charge is 1.98. The second-order valence-electron chi connectivity index (χ2n) is 3.53. The first-order valence-corrected chi connectivity index (χ1v) is 4.98. The van der Waals surface area contributed by atoms with E-state index in [-0.39, 0.29) is 0 Å². The Balaban J connectivity index is 2.87. The highest BCUT2D eigenvalue weighted by Crippen LogP contribution is 2.16. The van der Waals surface area contributed by atoms with Crippen LogP contribution in [0.4, 0.5) is 0 Å². The number of hydrogen-bond donors (Lipinski definition) is 0. The topological polar surface area (TPSA) is 0 Å². The van der Waals surface area contributed by atoms with Gasteiger partial charge in [0.2, 0.25) is 0 Å². The molecule has 0 aromatic carbocycles. The van der Waals surface area contributed by atoms with Crippen molar-refractivity contribution < 1.29 is 0 Å². The second kappa shape index (κ2) is 4.86. The van der Waals surface area contributed by atoms with Crippen molar-refractivity contribution in [1.82, 2.24) is 0 Å². The molecule has 0 spiro atoms. The zero-order valence-electron chi connectivity index (χ0n) is 8.75. The first-order valence-electron chi connectivity index (χ1n) is 4.98. The maximum absolute atomic E-state index is 2.24. The van der Waals surface area contributed by atoms with Crippen molar-refractivity contribution in [3.05, 3.63) is 47.6 Å². The molecular weight excluding hydrogens is 156 g/mol. The minimum Gasteiger partial charge on any atom is -0.0842 e. The van der Waals surface area contributed by atoms with E-state index in [1.807, 2.05) is 0 Å². The van der Waals surface area contributed by atoms with Gasteiger partial charge in [0.05, 0.1) is 0 Å². The predicted octanol–water partition coefficient (Wildman–Crippen LogP) is 4.03. The van der Waals surface area contributed by atoms with Gasteiger partial charge in [0, 0.05) is 0 Å². The fourth-order valence-electron chi connectivity index (χ4n) is 1.28. The third kappa shape index (κ3) is 3.06. The van der Waals surface area contributed by atoms with Gasteiger partial charge in [-0.3, -0.25) is 0 Å². The van der Waals surface area contributed by atoms with Crippen LogP contribution in [0, 0.1) is 5.92 Å². The molecule has 70 valence electrons. The van der Waals surface area contributed by atoms with E-state index in [0.717, 1.165) is 6.42 Å². The molecule has 1 aliphatic rings. The van der Waals surface area contributed by atoms with E-state index in [2.05, 4.69) is 57.2 Å². The lowest BCUT2D eigenvalue weighted by Crippen LogP contribution is -1.78. The number of allylic oxidation sites excluding steroid dienone is 8. The second-order valence-corrected chi connectivity index (χ2v) is 3.53. The van der Waals surface area contributed by atoms with Crippen molar-refractivity contribution in [2.24, 2.45) is 5.92 Å². The van der Waals surface area contributed by atoms with Crippen LogP contribution in [0.1, 0.15) is 27.2 Å². The summed E-state index contributed by atoms with van der Waals surface area (Å²) in [6.45, 7) is 6.52. The van der Waals surface area contributed by atoms with Crippen LogP contribution in [0.3, 0.4) is 0 Å². The van der Waals surface area contributed by atoms with E-state index in [9.17, 15) is 0 Å². The fourth-order valence-corrected chi connectivity index (χ4v) is 1.28. The lowest BCUT2D eigenvalue weighted by molar-refractivity contribution is 0.941. The molecule has 0 N–H and O–H groups in total. The molecule has 0 fully saturated rings. The Morgan fingerprint density at radius 3 is 2.69 bits per heavy atom. The highest BCUT2D eigenvalue weighted by atomic mass is 14.0. The zero-order chi connectivity index (χ0) is 9.68. The molecule has 0 heterocycles. The standard InChI is InChI=1S/C13H18/c1-4-5-6-13-10-8-11(2)7-9-12(13)3/h5-11H,4H2,1-3H3/b6-5-. The van der Waals surface area contributed by atoms with Crippen molar-refractivity contribution >= 4 is 0 Å². The molecule has 1 rings (SSSR count). The maximum Gasteiger partial charge on any atom is -0.00753 e. The normalized spacial score (nSPS) is 22.8. The first kappa shape index (κ1) is 10.0. The summed E-state index contributed by atoms with van der Waals surface area (Å²) in [5.41, 5.74) is 2.69. The number of hydrogen-bond acceptors (Lipinski definition) is 0. The van der Waals surface area contributed by atoms with E-state index in [1.165, 1.54) is 11.1 Å². The SMILES string of the molecule is CC/C=C\C1=C(C)C=CC(C)C=C1. The van der Waals surface area contributed by atoms with Gasteiger partial charge in [0.1, 0.15) is 0 Å². The quantitative estimate of drug-likeness (QED) is 0.593. The smallest absolute Gasteiger partial charge is 0.00753 e. The summed E-state index contributed by atoms with van der Waals surface area (Å²) in [4.78, 5) is 0. The van der Waals surface area contributed by atoms with Crippen LogP contribution in [0.15, 0.2) is 47.6 Å². The lowest BCUT2D eigenvalue weighted by Gasteiger charge is -1.96. The molecule has 1 atom stereocenters. The van der Waals surface area contributed by atoms with E-state index >= 15 is 0 Å². The molecule has 0 heteroatoms. The van der Waals surface area contributed by atoms with Gasteiger partial charge in [0.15, 0.2) is 0 Å². The Morgan fingerprint density at radius 2 is 2.00 bits per heavy atom. The molecule has 0 bridgehead atoms. The van der Waals surface area contributed by atoms with Crippen LogP contribution in [-0.2, 0) is 0 Å². The molecule has 0 saturated heterocycles. The molecule has 0 radical (unpaired) electrons. The van der Waals surface area contributed by atoms with Crippen LogP contribution < -0.4 is 0 Å². The summed E-state index contributed by atoms with van der Waals surface area (Å²) >= 11 is 0. The molecular formula is C13H18. The Hall–Kier alpha value is -1.04. The summed E-state index contributed by atoms with van der Waals surface area (Å²) in [6.07, 6.45) is 14.4. The van der Waals surface area contributed by atoms with Gasteiger partial charge in [-0.25, -0.2) is 0 Å². The predicted molar refractivity (Wildman–Crippen MR) is 59.6 cm³/mol. The van der Waals surface area contributed by atoms with E-state index < -0.39 is 0 Å². The molecule has 0 amide bonds. The minimum atomic E-state index is 0.558. The zero-order valence-corrected chi connectivity index (χ0v) is 8.75. The van der Waals surface area contributed by atoms with Gasteiger partial charge in [0.25, 0.3) is 0 Å². The van der Waals surface area contributed by atoms with Crippen LogP contribution >= 0.6 is 0 Å². The Bertz CT molecular complexity index is 274. The lowest BCUT2D eigenvalue weighted by atomic mass is 10.1. The van der Waals surface area contributed by atoms with Crippen LogP contribution in [0.2, 0.25) is 0 Å². The van der Waals surface area contributed by atoms with E-state index in [0.29, 0.717) is 5.92 Å². The largest absolute Gasteiger partial charge is 0.0842 e. The molecule has 0 aliphatic heterocycles. The van der Waals surface area contributed by atoms with Gasteiger partial charge in [-0.05, 0) is 30.4 Å². The molecule has 0 saturated carbocycles. The Labute approximate surface area is 81.4 Å². The Morgan fingerprint density at radius 1 is 1.31 bits per heavy atom. The number of rotatable bonds is 2. The molecule has 13 heavy (non-hydrogen) atoms. The van der Waals surface area contributed by atoms with Gasteiger partial charge in [-0.1, -0.05) is 50.3 Å². The third-order valence-electron chi connectivity index (χ3n) is 2.22. The van der Waals surface area contributed by atoms with Gasteiger partial charge < -0.3 is 0 Å². The molecule has 0 aromatic rings. The van der Waals surface area contributed by atoms with Crippen LogP contribution in [0.5, 0.6) is 0 Å². The summed E-state index contributed by atoms with van der Waals surface area (Å²) < 4.78 is 0. The summed E-state index contributed by atoms with van der Waals surface area (Å²) in [5, 5.41) is 0. The van der Waals surface area contributed by atoms with Gasteiger partial charge in [-0.2, -0.15) is 0 Å². The van der Waals surface area contributed by atoms with Crippen molar-refractivity contribution in [2.75, 3.05) is 0 Å². The summed E-state index contributed by atoms with van der Waals surface area (Å²) in [6, 6.07) is 0. The third-order valence-corrected chi connectivity index (χ3v) is 2.22. The maximum atomic E-state index is 2.24. The van der Waals surface area contributed by atoms with E-state index in [4.69, 9.17) is 0 Å². The van der Waals surface area contributed by atoms with E-state index in [1.54, 1.807) is 0 Å². The van der Waals surface area contributed by atoms with Crippen molar-refractivity contribution in [1.29, 1.82) is 0 Å². The first-order chi connectivity index (χ1) is 6.24. The molecule has 1 aliphatic carbocycles.